The smallest absolute Gasteiger partial charge is 0.407 e. The number of nitro benzene ring substituents is 1. The minimum absolute atomic E-state index is 0.0249. The van der Waals surface area contributed by atoms with Crippen LogP contribution in [0.15, 0.2) is 18.2 Å². The van der Waals surface area contributed by atoms with Crippen LogP contribution in [-0.4, -0.2) is 44.5 Å². The van der Waals surface area contributed by atoms with E-state index in [1.807, 2.05) is 0 Å². The number of carbonyl (C=O) groups excluding carboxylic acids is 1. The number of alkyl carbamates (subject to hydrolysis) is 1. The van der Waals surface area contributed by atoms with Gasteiger partial charge in [-0.1, -0.05) is 19.3 Å². The van der Waals surface area contributed by atoms with Gasteiger partial charge in [0.05, 0.1) is 17.2 Å². The molecule has 3 N–H and O–H groups in total. The molecule has 1 fully saturated rings. The highest BCUT2D eigenvalue weighted by Crippen LogP contribution is 2.32. The standard InChI is InChI=1S/C19H30N4O6S/c1-19(2,3)29-18(24)20-11-12-22(30(27)28)15-9-10-16(17(13-15)23(25)26)21-14-7-5-4-6-8-14/h9-10,13-14,21H,4-8,11-12H2,1-3H3,(H,20,24)(H,27,28). The lowest BCUT2D eigenvalue weighted by atomic mass is 9.95. The van der Waals surface area contributed by atoms with E-state index in [0.717, 1.165) is 30.0 Å². The highest BCUT2D eigenvalue weighted by Gasteiger charge is 2.23. The molecule has 0 heterocycles. The molecule has 0 radical (unpaired) electrons. The van der Waals surface area contributed by atoms with Gasteiger partial charge in [-0.25, -0.2) is 9.00 Å². The van der Waals surface area contributed by atoms with Crippen molar-refractivity contribution in [3.8, 4) is 0 Å². The molecular weight excluding hydrogens is 412 g/mol. The Hall–Kier alpha value is -2.40. The van der Waals surface area contributed by atoms with Crippen molar-refractivity contribution in [3.05, 3.63) is 28.3 Å². The molecule has 1 aliphatic carbocycles. The first-order valence-corrected chi connectivity index (χ1v) is 11.0. The van der Waals surface area contributed by atoms with Crippen LogP contribution >= 0.6 is 0 Å². The number of benzene rings is 1. The lowest BCUT2D eigenvalue weighted by molar-refractivity contribution is -0.383. The zero-order chi connectivity index (χ0) is 22.3. The quantitative estimate of drug-likeness (QED) is 0.317. The monoisotopic (exact) mass is 442 g/mol. The van der Waals surface area contributed by atoms with E-state index in [1.54, 1.807) is 32.9 Å². The summed E-state index contributed by atoms with van der Waals surface area (Å²) in [6, 6.07) is 4.57. The van der Waals surface area contributed by atoms with Gasteiger partial charge in [0.1, 0.15) is 11.3 Å². The Morgan fingerprint density at radius 2 is 2.00 bits per heavy atom. The average molecular weight is 443 g/mol. The second kappa shape index (κ2) is 10.6. The molecule has 1 aromatic carbocycles. The van der Waals surface area contributed by atoms with Gasteiger partial charge in [0, 0.05) is 18.7 Å². The van der Waals surface area contributed by atoms with Crippen molar-refractivity contribution in [1.29, 1.82) is 0 Å². The van der Waals surface area contributed by atoms with Crippen molar-refractivity contribution in [2.45, 2.75) is 64.5 Å². The third-order valence-corrected chi connectivity index (χ3v) is 5.37. The molecule has 2 rings (SSSR count). The van der Waals surface area contributed by atoms with Crippen molar-refractivity contribution >= 4 is 34.4 Å². The van der Waals surface area contributed by atoms with Gasteiger partial charge in [0.15, 0.2) is 0 Å². The molecule has 0 aromatic heterocycles. The summed E-state index contributed by atoms with van der Waals surface area (Å²) in [5.41, 5.74) is -0.215. The number of anilines is 2. The highest BCUT2D eigenvalue weighted by molar-refractivity contribution is 7.80. The van der Waals surface area contributed by atoms with E-state index in [4.69, 9.17) is 4.74 Å². The maximum atomic E-state index is 11.8. The Kier molecular flexibility index (Phi) is 8.42. The van der Waals surface area contributed by atoms with Crippen LogP contribution in [0.25, 0.3) is 0 Å². The highest BCUT2D eigenvalue weighted by atomic mass is 32.2. The normalized spacial score (nSPS) is 15.9. The van der Waals surface area contributed by atoms with Gasteiger partial charge >= 0.3 is 6.09 Å². The van der Waals surface area contributed by atoms with Crippen molar-refractivity contribution in [3.63, 3.8) is 0 Å². The topological polar surface area (TPSA) is 134 Å². The number of rotatable bonds is 8. The first-order chi connectivity index (χ1) is 14.1. The van der Waals surface area contributed by atoms with E-state index in [2.05, 4.69) is 10.6 Å². The van der Waals surface area contributed by atoms with Crippen molar-refractivity contribution < 1.29 is 23.2 Å². The van der Waals surface area contributed by atoms with Crippen LogP contribution in [0, 0.1) is 10.1 Å². The van der Waals surface area contributed by atoms with E-state index in [-0.39, 0.29) is 30.5 Å². The number of hydrogen-bond acceptors (Lipinski definition) is 6. The number of nitrogens with one attached hydrogen (secondary N) is 2. The lowest BCUT2D eigenvalue weighted by Gasteiger charge is -2.25. The number of carbonyl (C=O) groups is 1. The molecule has 0 saturated heterocycles. The van der Waals surface area contributed by atoms with Crippen LogP contribution in [0.2, 0.25) is 0 Å². The van der Waals surface area contributed by atoms with Crippen LogP contribution in [0.3, 0.4) is 0 Å². The van der Waals surface area contributed by atoms with E-state index in [0.29, 0.717) is 5.69 Å². The Balaban J connectivity index is 2.09. The molecule has 0 spiro atoms. The van der Waals surface area contributed by atoms with Crippen LogP contribution in [0.4, 0.5) is 21.9 Å². The van der Waals surface area contributed by atoms with Crippen LogP contribution in [0.5, 0.6) is 0 Å². The molecule has 1 saturated carbocycles. The fraction of sp³-hybridized carbons (Fsp3) is 0.632. The largest absolute Gasteiger partial charge is 0.444 e. The summed E-state index contributed by atoms with van der Waals surface area (Å²) in [6.45, 7) is 5.17. The summed E-state index contributed by atoms with van der Waals surface area (Å²) in [4.78, 5) is 22.8. The molecule has 168 valence electrons. The van der Waals surface area contributed by atoms with Gasteiger partial charge in [0.25, 0.3) is 17.0 Å². The summed E-state index contributed by atoms with van der Waals surface area (Å²) < 4.78 is 27.6. The van der Waals surface area contributed by atoms with E-state index in [1.165, 1.54) is 12.5 Å². The minimum Gasteiger partial charge on any atom is -0.444 e. The third-order valence-electron chi connectivity index (χ3n) is 4.60. The van der Waals surface area contributed by atoms with Crippen molar-refractivity contribution in [1.82, 2.24) is 5.32 Å². The number of hydrogen-bond donors (Lipinski definition) is 3. The molecule has 1 amide bonds. The predicted octanol–water partition coefficient (Wildman–Crippen LogP) is 3.81. The second-order valence-electron chi connectivity index (χ2n) is 8.20. The van der Waals surface area contributed by atoms with E-state index in [9.17, 15) is 23.7 Å². The number of nitro groups is 1. The van der Waals surface area contributed by atoms with Gasteiger partial charge in [0.2, 0.25) is 0 Å². The number of amides is 1. The number of ether oxygens (including phenoxy) is 1. The summed E-state index contributed by atoms with van der Waals surface area (Å²) in [7, 11) is 0. The maximum absolute atomic E-state index is 11.8. The van der Waals surface area contributed by atoms with Crippen LogP contribution in [-0.2, 0) is 16.0 Å². The maximum Gasteiger partial charge on any atom is 0.407 e. The molecule has 10 nitrogen and oxygen atoms in total. The summed E-state index contributed by atoms with van der Waals surface area (Å²) in [5.74, 6) is 0. The summed E-state index contributed by atoms with van der Waals surface area (Å²) >= 11 is -2.42. The average Bonchev–Trinajstić information content (AvgIpc) is 2.65. The predicted molar refractivity (Wildman–Crippen MR) is 116 cm³/mol. The zero-order valence-corrected chi connectivity index (χ0v) is 18.4. The first kappa shape index (κ1) is 23.9. The zero-order valence-electron chi connectivity index (χ0n) is 17.6. The molecule has 0 bridgehead atoms. The second-order valence-corrected chi connectivity index (χ2v) is 9.10. The molecule has 0 aliphatic heterocycles. The lowest BCUT2D eigenvalue weighted by Crippen LogP contribution is -2.38. The van der Waals surface area contributed by atoms with E-state index < -0.39 is 27.9 Å². The van der Waals surface area contributed by atoms with Gasteiger partial charge < -0.3 is 15.4 Å². The fourth-order valence-corrected chi connectivity index (χ4v) is 3.83. The SMILES string of the molecule is CC(C)(C)OC(=O)NCCN(c1ccc(NC2CCCCC2)c([N+](=O)[O-])c1)S(=O)O. The van der Waals surface area contributed by atoms with Gasteiger partial charge in [-0.2, -0.15) is 0 Å². The summed E-state index contributed by atoms with van der Waals surface area (Å²) in [5, 5.41) is 17.3. The molecular formula is C19H30N4O6S. The minimum atomic E-state index is -2.42. The van der Waals surface area contributed by atoms with Gasteiger partial charge in [-0.3, -0.25) is 19.0 Å². The third kappa shape index (κ3) is 7.45. The number of nitrogens with zero attached hydrogens (tertiary/aromatic N) is 2. The van der Waals surface area contributed by atoms with Gasteiger partial charge in [-0.05, 0) is 45.7 Å². The van der Waals surface area contributed by atoms with Crippen molar-refractivity contribution in [2.75, 3.05) is 22.7 Å². The fourth-order valence-electron chi connectivity index (χ4n) is 3.29. The van der Waals surface area contributed by atoms with Crippen LogP contribution < -0.4 is 14.9 Å². The molecule has 1 aliphatic rings. The Bertz CT molecular complexity index is 777. The molecule has 11 heteroatoms. The molecule has 1 aromatic rings. The molecule has 1 atom stereocenters. The molecule has 1 unspecified atom stereocenters. The first-order valence-electron chi connectivity index (χ1n) is 9.97. The Morgan fingerprint density at radius 1 is 1.33 bits per heavy atom. The van der Waals surface area contributed by atoms with Gasteiger partial charge in [-0.15, -0.1) is 0 Å². The Morgan fingerprint density at radius 3 is 2.57 bits per heavy atom. The van der Waals surface area contributed by atoms with Crippen LogP contribution in [0.1, 0.15) is 52.9 Å². The molecule has 30 heavy (non-hydrogen) atoms. The summed E-state index contributed by atoms with van der Waals surface area (Å²) in [6.07, 6.45) is 4.62. The van der Waals surface area contributed by atoms with E-state index >= 15 is 0 Å². The van der Waals surface area contributed by atoms with Crippen molar-refractivity contribution in [2.24, 2.45) is 0 Å². The Labute approximate surface area is 178 Å².